The second kappa shape index (κ2) is 6.51. The molecule has 0 unspecified atom stereocenters. The van der Waals surface area contributed by atoms with Crippen LogP contribution in [-0.2, 0) is 19.1 Å². The summed E-state index contributed by atoms with van der Waals surface area (Å²) in [6, 6.07) is 0. The van der Waals surface area contributed by atoms with Gasteiger partial charge in [-0.25, -0.2) is 0 Å². The van der Waals surface area contributed by atoms with Gasteiger partial charge in [-0.1, -0.05) is 13.8 Å². The minimum absolute atomic E-state index is 0.00773. The maximum Gasteiger partial charge on any atom is 0.308 e. The number of ether oxygens (including phenoxy) is 2. The van der Waals surface area contributed by atoms with E-state index >= 15 is 0 Å². The lowest BCUT2D eigenvalue weighted by atomic mass is 9.87. The molecule has 4 heteroatoms. The summed E-state index contributed by atoms with van der Waals surface area (Å²) in [6.45, 7) is 5.01. The monoisotopic (exact) mass is 228 g/mol. The Morgan fingerprint density at radius 2 is 1.94 bits per heavy atom. The minimum Gasteiger partial charge on any atom is -0.465 e. The molecule has 0 amide bonds. The lowest BCUT2D eigenvalue weighted by Crippen LogP contribution is -2.28. The molecule has 0 aliphatic heterocycles. The fraction of sp³-hybridized carbons (Fsp3) is 0.833. The normalized spacial score (nSPS) is 25.2. The Hall–Kier alpha value is -1.06. The Labute approximate surface area is 96.3 Å². The van der Waals surface area contributed by atoms with Crippen LogP contribution in [0.5, 0.6) is 0 Å². The van der Waals surface area contributed by atoms with Crippen LogP contribution in [0.4, 0.5) is 0 Å². The van der Waals surface area contributed by atoms with Crippen LogP contribution in [-0.4, -0.2) is 25.2 Å². The van der Waals surface area contributed by atoms with Crippen molar-refractivity contribution in [3.8, 4) is 0 Å². The maximum atomic E-state index is 11.6. The summed E-state index contributed by atoms with van der Waals surface area (Å²) in [7, 11) is 0. The third-order valence-electron chi connectivity index (χ3n) is 2.81. The molecule has 0 aromatic heterocycles. The second-order valence-corrected chi connectivity index (χ2v) is 4.73. The zero-order valence-corrected chi connectivity index (χ0v) is 9.98. The first kappa shape index (κ1) is 13.0. The Morgan fingerprint density at radius 3 is 2.44 bits per heavy atom. The minimum atomic E-state index is -0.0988. The van der Waals surface area contributed by atoms with Crippen LogP contribution in [0.2, 0.25) is 0 Å². The van der Waals surface area contributed by atoms with E-state index in [4.69, 9.17) is 9.47 Å². The van der Waals surface area contributed by atoms with Gasteiger partial charge in [0.05, 0.1) is 12.5 Å². The van der Waals surface area contributed by atoms with Gasteiger partial charge in [0.15, 0.2) is 0 Å². The number of carbonyl (C=O) groups is 2. The Bertz CT molecular complexity index is 229. The van der Waals surface area contributed by atoms with E-state index in [1.165, 1.54) is 0 Å². The zero-order valence-electron chi connectivity index (χ0n) is 9.98. The van der Waals surface area contributed by atoms with Crippen LogP contribution >= 0.6 is 0 Å². The van der Waals surface area contributed by atoms with E-state index < -0.39 is 0 Å². The van der Waals surface area contributed by atoms with Crippen LogP contribution in [0.3, 0.4) is 0 Å². The first-order chi connectivity index (χ1) is 7.63. The van der Waals surface area contributed by atoms with Gasteiger partial charge >= 0.3 is 5.97 Å². The number of hydrogen-bond acceptors (Lipinski definition) is 4. The number of carbonyl (C=O) groups excluding carboxylic acids is 2. The molecule has 1 rings (SSSR count). The van der Waals surface area contributed by atoms with Gasteiger partial charge in [0.1, 0.15) is 6.10 Å². The van der Waals surface area contributed by atoms with Crippen LogP contribution in [0.1, 0.15) is 39.5 Å². The Kier molecular flexibility index (Phi) is 5.29. The molecule has 0 saturated heterocycles. The quantitative estimate of drug-likeness (QED) is 0.533. The predicted molar refractivity (Wildman–Crippen MR) is 58.7 cm³/mol. The third-order valence-corrected chi connectivity index (χ3v) is 2.81. The highest BCUT2D eigenvalue weighted by Gasteiger charge is 2.28. The van der Waals surface area contributed by atoms with Crippen molar-refractivity contribution in [2.75, 3.05) is 6.61 Å². The Balaban J connectivity index is 2.24. The summed E-state index contributed by atoms with van der Waals surface area (Å²) >= 11 is 0. The van der Waals surface area contributed by atoms with Gasteiger partial charge in [0, 0.05) is 0 Å². The van der Waals surface area contributed by atoms with Crippen molar-refractivity contribution in [3.63, 3.8) is 0 Å². The predicted octanol–water partition coefficient (Wildman–Crippen LogP) is 1.92. The molecule has 16 heavy (non-hydrogen) atoms. The molecule has 1 aliphatic carbocycles. The largest absolute Gasteiger partial charge is 0.465 e. The van der Waals surface area contributed by atoms with Gasteiger partial charge in [-0.05, 0) is 31.6 Å². The molecule has 0 bridgehead atoms. The summed E-state index contributed by atoms with van der Waals surface area (Å²) < 4.78 is 10.1. The van der Waals surface area contributed by atoms with Gasteiger partial charge in [-0.2, -0.15) is 0 Å². The van der Waals surface area contributed by atoms with E-state index in [0.29, 0.717) is 19.0 Å². The van der Waals surface area contributed by atoms with Gasteiger partial charge in [0.2, 0.25) is 0 Å². The third kappa shape index (κ3) is 4.21. The van der Waals surface area contributed by atoms with E-state index in [-0.39, 0.29) is 18.0 Å². The standard InChI is InChI=1S/C12H20O4/c1-9(2)7-15-12(14)10-3-5-11(6-4-10)16-8-13/h8-11H,3-7H2,1-2H3. The van der Waals surface area contributed by atoms with Crippen molar-refractivity contribution in [3.05, 3.63) is 0 Å². The molecule has 0 radical (unpaired) electrons. The van der Waals surface area contributed by atoms with E-state index in [1.54, 1.807) is 0 Å². The van der Waals surface area contributed by atoms with Crippen molar-refractivity contribution >= 4 is 12.4 Å². The van der Waals surface area contributed by atoms with Gasteiger partial charge < -0.3 is 9.47 Å². The number of hydrogen-bond donors (Lipinski definition) is 0. The van der Waals surface area contributed by atoms with Crippen LogP contribution < -0.4 is 0 Å². The van der Waals surface area contributed by atoms with Crippen molar-refractivity contribution in [2.24, 2.45) is 11.8 Å². The zero-order chi connectivity index (χ0) is 12.0. The molecule has 0 atom stereocenters. The van der Waals surface area contributed by atoms with Gasteiger partial charge in [-0.15, -0.1) is 0 Å². The second-order valence-electron chi connectivity index (χ2n) is 4.73. The number of rotatable bonds is 5. The molecule has 0 aromatic rings. The lowest BCUT2D eigenvalue weighted by molar-refractivity contribution is -0.152. The van der Waals surface area contributed by atoms with E-state index in [1.807, 2.05) is 13.8 Å². The Morgan fingerprint density at radius 1 is 1.31 bits per heavy atom. The lowest BCUT2D eigenvalue weighted by Gasteiger charge is -2.26. The molecule has 0 heterocycles. The molecular formula is C12H20O4. The smallest absolute Gasteiger partial charge is 0.308 e. The first-order valence-electron chi connectivity index (χ1n) is 5.89. The van der Waals surface area contributed by atoms with Gasteiger partial charge in [-0.3, -0.25) is 9.59 Å². The molecule has 1 saturated carbocycles. The topological polar surface area (TPSA) is 52.6 Å². The first-order valence-corrected chi connectivity index (χ1v) is 5.89. The summed E-state index contributed by atoms with van der Waals surface area (Å²) in [4.78, 5) is 21.8. The molecule has 1 fully saturated rings. The molecule has 4 nitrogen and oxygen atoms in total. The van der Waals surface area contributed by atoms with E-state index in [9.17, 15) is 9.59 Å². The van der Waals surface area contributed by atoms with Crippen molar-refractivity contribution in [1.29, 1.82) is 0 Å². The van der Waals surface area contributed by atoms with Crippen molar-refractivity contribution in [2.45, 2.75) is 45.6 Å². The molecular weight excluding hydrogens is 208 g/mol. The van der Waals surface area contributed by atoms with E-state index in [2.05, 4.69) is 0 Å². The highest BCUT2D eigenvalue weighted by molar-refractivity contribution is 5.72. The van der Waals surface area contributed by atoms with E-state index in [0.717, 1.165) is 25.7 Å². The van der Waals surface area contributed by atoms with Crippen molar-refractivity contribution < 1.29 is 19.1 Å². The summed E-state index contributed by atoms with van der Waals surface area (Å²) in [5, 5.41) is 0. The molecule has 0 aromatic carbocycles. The average Bonchev–Trinajstić information content (AvgIpc) is 2.27. The molecule has 0 N–H and O–H groups in total. The summed E-state index contributed by atoms with van der Waals surface area (Å²) in [5.74, 6) is 0.266. The fourth-order valence-electron chi connectivity index (χ4n) is 1.88. The highest BCUT2D eigenvalue weighted by Crippen LogP contribution is 2.26. The fourth-order valence-corrected chi connectivity index (χ4v) is 1.88. The average molecular weight is 228 g/mol. The summed E-state index contributed by atoms with van der Waals surface area (Å²) in [6.07, 6.45) is 3.04. The number of esters is 1. The van der Waals surface area contributed by atoms with Crippen LogP contribution in [0.25, 0.3) is 0 Å². The molecule has 1 aliphatic rings. The summed E-state index contributed by atoms with van der Waals surface area (Å²) in [5.41, 5.74) is 0. The van der Waals surface area contributed by atoms with Crippen LogP contribution in [0, 0.1) is 11.8 Å². The molecule has 0 spiro atoms. The SMILES string of the molecule is CC(C)COC(=O)C1CCC(OC=O)CC1. The highest BCUT2D eigenvalue weighted by atomic mass is 16.5. The van der Waals surface area contributed by atoms with Gasteiger partial charge in [0.25, 0.3) is 6.47 Å². The van der Waals surface area contributed by atoms with Crippen molar-refractivity contribution in [1.82, 2.24) is 0 Å². The van der Waals surface area contributed by atoms with Crippen LogP contribution in [0.15, 0.2) is 0 Å². The molecule has 92 valence electrons. The maximum absolute atomic E-state index is 11.6.